The predicted octanol–water partition coefficient (Wildman–Crippen LogP) is 4.59. The van der Waals surface area contributed by atoms with Crippen molar-refractivity contribution in [1.29, 1.82) is 0 Å². The van der Waals surface area contributed by atoms with Gasteiger partial charge in [-0.3, -0.25) is 4.90 Å². The Morgan fingerprint density at radius 2 is 2.05 bits per heavy atom. The molecule has 0 saturated carbocycles. The molecule has 124 valence electrons. The molecule has 0 aliphatic heterocycles. The summed E-state index contributed by atoms with van der Waals surface area (Å²) in [6.45, 7) is 9.39. The van der Waals surface area contributed by atoms with Gasteiger partial charge in [0.25, 0.3) is 0 Å². The molecule has 1 N–H and O–H groups in total. The van der Waals surface area contributed by atoms with Crippen molar-refractivity contribution < 1.29 is 19.4 Å². The van der Waals surface area contributed by atoms with E-state index in [1.54, 1.807) is 26.8 Å². The molecule has 1 rings (SSSR count). The zero-order chi connectivity index (χ0) is 17.1. The summed E-state index contributed by atoms with van der Waals surface area (Å²) in [5, 5.41) is 9.61. The summed E-state index contributed by atoms with van der Waals surface area (Å²) >= 11 is 4.75. The smallest absolute Gasteiger partial charge is 0.411 e. The standard InChI is InChI=1S/C15H22BrNO4S/c1-6-7-17(14(20)21-15(3,4)5)12(13(18)19)11-8-10(16)9(2)22-11/h8,12H,6-7H2,1-5H3,(H,18,19). The third-order valence-electron chi connectivity index (χ3n) is 2.78. The molecule has 7 heteroatoms. The Labute approximate surface area is 143 Å². The van der Waals surface area contributed by atoms with Crippen molar-refractivity contribution >= 4 is 39.3 Å². The summed E-state index contributed by atoms with van der Waals surface area (Å²) < 4.78 is 6.21. The molecular weight excluding hydrogens is 370 g/mol. The first-order valence-electron chi connectivity index (χ1n) is 7.05. The average molecular weight is 392 g/mol. The van der Waals surface area contributed by atoms with Gasteiger partial charge in [0.2, 0.25) is 0 Å². The van der Waals surface area contributed by atoms with Crippen molar-refractivity contribution in [1.82, 2.24) is 4.90 Å². The van der Waals surface area contributed by atoms with Crippen LogP contribution in [0.5, 0.6) is 0 Å². The van der Waals surface area contributed by atoms with Crippen LogP contribution in [0.1, 0.15) is 49.9 Å². The molecule has 1 aromatic heterocycles. The second kappa shape index (κ2) is 7.46. The number of nitrogens with zero attached hydrogens (tertiary/aromatic N) is 1. The zero-order valence-corrected chi connectivity index (χ0v) is 15.9. The molecule has 0 saturated heterocycles. The Balaban J connectivity index is 3.17. The fourth-order valence-corrected chi connectivity index (χ4v) is 3.58. The number of hydrogen-bond donors (Lipinski definition) is 1. The van der Waals surface area contributed by atoms with Crippen LogP contribution in [0, 0.1) is 6.92 Å². The number of aryl methyl sites for hydroxylation is 1. The maximum Gasteiger partial charge on any atom is 0.411 e. The van der Waals surface area contributed by atoms with Crippen LogP contribution in [-0.2, 0) is 9.53 Å². The van der Waals surface area contributed by atoms with Gasteiger partial charge in [-0.15, -0.1) is 11.3 Å². The van der Waals surface area contributed by atoms with E-state index in [2.05, 4.69) is 15.9 Å². The number of amides is 1. The molecule has 5 nitrogen and oxygen atoms in total. The van der Waals surface area contributed by atoms with Crippen LogP contribution in [0.15, 0.2) is 10.5 Å². The van der Waals surface area contributed by atoms with Crippen LogP contribution < -0.4 is 0 Å². The topological polar surface area (TPSA) is 66.8 Å². The summed E-state index contributed by atoms with van der Waals surface area (Å²) in [6, 6.07) is 0.719. The second-order valence-corrected chi connectivity index (χ2v) is 8.11. The molecule has 0 radical (unpaired) electrons. The van der Waals surface area contributed by atoms with E-state index in [1.807, 2.05) is 13.8 Å². The monoisotopic (exact) mass is 391 g/mol. The second-order valence-electron chi connectivity index (χ2n) is 5.97. The fourth-order valence-electron chi connectivity index (χ4n) is 1.91. The molecular formula is C15H22BrNO4S. The fraction of sp³-hybridized carbons (Fsp3) is 0.600. The van der Waals surface area contributed by atoms with E-state index >= 15 is 0 Å². The Bertz CT molecular complexity index is 531. The maximum absolute atomic E-state index is 12.4. The number of carbonyl (C=O) groups is 2. The first-order valence-corrected chi connectivity index (χ1v) is 8.66. The van der Waals surface area contributed by atoms with Crippen molar-refractivity contribution in [3.05, 3.63) is 20.3 Å². The highest BCUT2D eigenvalue weighted by Crippen LogP contribution is 2.34. The lowest BCUT2D eigenvalue weighted by Crippen LogP contribution is -2.42. The van der Waals surface area contributed by atoms with E-state index in [-0.39, 0.29) is 0 Å². The quantitative estimate of drug-likeness (QED) is 0.796. The van der Waals surface area contributed by atoms with Crippen LogP contribution in [0.3, 0.4) is 0 Å². The lowest BCUT2D eigenvalue weighted by molar-refractivity contribution is -0.143. The van der Waals surface area contributed by atoms with Gasteiger partial charge < -0.3 is 9.84 Å². The van der Waals surface area contributed by atoms with Crippen molar-refractivity contribution in [2.45, 2.75) is 52.7 Å². The van der Waals surface area contributed by atoms with E-state index < -0.39 is 23.7 Å². The number of carboxylic acid groups (broad SMARTS) is 1. The highest BCUT2D eigenvalue weighted by Gasteiger charge is 2.35. The summed E-state index contributed by atoms with van der Waals surface area (Å²) in [6.07, 6.45) is 0.0399. The molecule has 0 fully saturated rings. The molecule has 1 atom stereocenters. The van der Waals surface area contributed by atoms with Crippen LogP contribution in [0.4, 0.5) is 4.79 Å². The predicted molar refractivity (Wildman–Crippen MR) is 90.4 cm³/mol. The van der Waals surface area contributed by atoms with E-state index in [0.29, 0.717) is 17.8 Å². The number of aliphatic carboxylic acids is 1. The van der Waals surface area contributed by atoms with Gasteiger partial charge >= 0.3 is 12.1 Å². The van der Waals surface area contributed by atoms with E-state index in [0.717, 1.165) is 9.35 Å². The normalized spacial score (nSPS) is 12.8. The SMILES string of the molecule is CCCN(C(=O)OC(C)(C)C)C(C(=O)O)c1cc(Br)c(C)s1. The lowest BCUT2D eigenvalue weighted by Gasteiger charge is -2.30. The van der Waals surface area contributed by atoms with Gasteiger partial charge in [-0.25, -0.2) is 9.59 Å². The van der Waals surface area contributed by atoms with Crippen LogP contribution in [-0.4, -0.2) is 34.2 Å². The molecule has 1 aromatic rings. The minimum Gasteiger partial charge on any atom is -0.479 e. The van der Waals surface area contributed by atoms with Crippen LogP contribution in [0.25, 0.3) is 0 Å². The van der Waals surface area contributed by atoms with Gasteiger partial charge in [0.1, 0.15) is 5.60 Å². The molecule has 0 bridgehead atoms. The Hall–Kier alpha value is -1.08. The molecule has 1 unspecified atom stereocenters. The molecule has 0 aliphatic rings. The van der Waals surface area contributed by atoms with E-state index in [1.165, 1.54) is 16.2 Å². The number of carboxylic acids is 1. The minimum absolute atomic E-state index is 0.320. The van der Waals surface area contributed by atoms with Crippen molar-refractivity contribution in [3.63, 3.8) is 0 Å². The van der Waals surface area contributed by atoms with Crippen molar-refractivity contribution in [2.75, 3.05) is 6.54 Å². The number of rotatable bonds is 5. The maximum atomic E-state index is 12.4. The summed E-state index contributed by atoms with van der Waals surface area (Å²) in [5.74, 6) is -1.06. The minimum atomic E-state index is -1.06. The summed E-state index contributed by atoms with van der Waals surface area (Å²) in [4.78, 5) is 27.0. The van der Waals surface area contributed by atoms with Crippen LogP contribution in [0.2, 0.25) is 0 Å². The lowest BCUT2D eigenvalue weighted by atomic mass is 10.2. The van der Waals surface area contributed by atoms with Gasteiger partial charge in [-0.1, -0.05) is 6.92 Å². The van der Waals surface area contributed by atoms with E-state index in [4.69, 9.17) is 4.74 Å². The van der Waals surface area contributed by atoms with Gasteiger partial charge in [0, 0.05) is 20.8 Å². The first-order chi connectivity index (χ1) is 10.1. The van der Waals surface area contributed by atoms with Crippen molar-refractivity contribution in [2.24, 2.45) is 0 Å². The molecule has 0 aromatic carbocycles. The molecule has 1 heterocycles. The van der Waals surface area contributed by atoms with Crippen molar-refractivity contribution in [3.8, 4) is 0 Å². The van der Waals surface area contributed by atoms with Gasteiger partial charge in [0.15, 0.2) is 6.04 Å². The van der Waals surface area contributed by atoms with Gasteiger partial charge in [-0.05, 0) is 56.1 Å². The highest BCUT2D eigenvalue weighted by atomic mass is 79.9. The third kappa shape index (κ3) is 4.98. The highest BCUT2D eigenvalue weighted by molar-refractivity contribution is 9.10. The average Bonchev–Trinajstić information content (AvgIpc) is 2.66. The summed E-state index contributed by atoms with van der Waals surface area (Å²) in [7, 11) is 0. The molecule has 0 spiro atoms. The Kier molecular flexibility index (Phi) is 6.43. The Morgan fingerprint density at radius 1 is 1.45 bits per heavy atom. The largest absolute Gasteiger partial charge is 0.479 e. The Morgan fingerprint density at radius 3 is 2.41 bits per heavy atom. The molecule has 1 amide bonds. The third-order valence-corrected chi connectivity index (χ3v) is 4.97. The zero-order valence-electron chi connectivity index (χ0n) is 13.5. The van der Waals surface area contributed by atoms with E-state index in [9.17, 15) is 14.7 Å². The van der Waals surface area contributed by atoms with Gasteiger partial charge in [0.05, 0.1) is 0 Å². The number of carbonyl (C=O) groups excluding carboxylic acids is 1. The number of hydrogen-bond acceptors (Lipinski definition) is 4. The summed E-state index contributed by atoms with van der Waals surface area (Å²) in [5.41, 5.74) is -0.669. The number of halogens is 1. The van der Waals surface area contributed by atoms with Gasteiger partial charge in [-0.2, -0.15) is 0 Å². The van der Waals surface area contributed by atoms with Crippen LogP contribution >= 0.6 is 27.3 Å². The first kappa shape index (κ1) is 19.0. The molecule has 22 heavy (non-hydrogen) atoms. The number of thiophene rings is 1. The number of ether oxygens (including phenoxy) is 1. The molecule has 0 aliphatic carbocycles.